The highest BCUT2D eigenvalue weighted by Gasteiger charge is 2.55. The van der Waals surface area contributed by atoms with Gasteiger partial charge in [-0.15, -0.1) is 0 Å². The number of unbranched alkanes of at least 4 members (excludes halogenated alkanes) is 1. The maximum absolute atomic E-state index is 12.0. The van der Waals surface area contributed by atoms with Gasteiger partial charge in [-0.1, -0.05) is 66.4 Å². The quantitative estimate of drug-likeness (QED) is 0.507. The van der Waals surface area contributed by atoms with Crippen LogP contribution in [-0.4, -0.2) is 5.78 Å². The van der Waals surface area contributed by atoms with Gasteiger partial charge >= 0.3 is 0 Å². The predicted molar refractivity (Wildman–Crippen MR) is 111 cm³/mol. The highest BCUT2D eigenvalue weighted by molar-refractivity contribution is 5.91. The fourth-order valence-corrected chi connectivity index (χ4v) is 7.13. The van der Waals surface area contributed by atoms with Crippen molar-refractivity contribution in [3.63, 3.8) is 0 Å². The maximum Gasteiger partial charge on any atom is 0.155 e. The average Bonchev–Trinajstić information content (AvgIpc) is 2.62. The van der Waals surface area contributed by atoms with E-state index in [0.29, 0.717) is 16.6 Å². The molecule has 148 valence electrons. The lowest BCUT2D eigenvalue weighted by atomic mass is 9.45. The van der Waals surface area contributed by atoms with E-state index >= 15 is 0 Å². The minimum absolute atomic E-state index is 0.309. The van der Waals surface area contributed by atoms with Gasteiger partial charge in [0.1, 0.15) is 0 Å². The lowest BCUT2D eigenvalue weighted by molar-refractivity contribution is -0.118. The zero-order valence-corrected chi connectivity index (χ0v) is 18.2. The number of carbonyl (C=O) groups excluding carboxylic acids is 1. The van der Waals surface area contributed by atoms with Crippen LogP contribution in [0.2, 0.25) is 0 Å². The summed E-state index contributed by atoms with van der Waals surface area (Å²) < 4.78 is 0. The summed E-state index contributed by atoms with van der Waals surface area (Å²) in [6.45, 7) is 15.0. The number of hydrogen-bond acceptors (Lipinski definition) is 1. The maximum atomic E-state index is 12.0. The molecule has 3 rings (SSSR count). The number of carbonyl (C=O) groups is 1. The summed E-state index contributed by atoms with van der Waals surface area (Å²) in [6, 6.07) is 0. The first-order valence-electron chi connectivity index (χ1n) is 11.5. The molecule has 0 bridgehead atoms. The Hall–Kier alpha value is -0.590. The van der Waals surface area contributed by atoms with Gasteiger partial charge in [-0.2, -0.15) is 0 Å². The van der Waals surface area contributed by atoms with E-state index in [1.807, 2.05) is 6.08 Å². The van der Waals surface area contributed by atoms with Crippen molar-refractivity contribution in [2.24, 2.45) is 40.4 Å². The highest BCUT2D eigenvalue weighted by atomic mass is 16.1. The van der Waals surface area contributed by atoms with E-state index in [0.717, 1.165) is 42.4 Å². The van der Waals surface area contributed by atoms with E-state index in [9.17, 15) is 4.79 Å². The van der Waals surface area contributed by atoms with Gasteiger partial charge in [0.25, 0.3) is 0 Å². The van der Waals surface area contributed by atoms with Gasteiger partial charge in [0.15, 0.2) is 5.78 Å². The molecule has 3 aliphatic carbocycles. The summed E-state index contributed by atoms with van der Waals surface area (Å²) in [7, 11) is 0. The molecule has 2 fully saturated rings. The van der Waals surface area contributed by atoms with E-state index in [2.05, 4.69) is 41.5 Å². The van der Waals surface area contributed by atoms with E-state index in [1.165, 1.54) is 50.5 Å². The molecule has 0 spiro atoms. The van der Waals surface area contributed by atoms with Crippen LogP contribution < -0.4 is 0 Å². The van der Waals surface area contributed by atoms with Crippen molar-refractivity contribution in [3.05, 3.63) is 11.6 Å². The first-order valence-corrected chi connectivity index (χ1v) is 11.5. The molecular weight excluding hydrogens is 316 g/mol. The predicted octanol–water partition coefficient (Wildman–Crippen LogP) is 7.21. The van der Waals surface area contributed by atoms with Crippen LogP contribution in [0.15, 0.2) is 11.6 Å². The molecule has 0 saturated heterocycles. The second-order valence-corrected chi connectivity index (χ2v) is 10.6. The van der Waals surface area contributed by atoms with Crippen molar-refractivity contribution in [2.45, 2.75) is 99.3 Å². The lowest BCUT2D eigenvalue weighted by Crippen LogP contribution is -2.52. The molecule has 3 aliphatic rings. The normalized spacial score (nSPS) is 42.5. The number of allylic oxidation sites excluding steroid dienone is 2. The lowest BCUT2D eigenvalue weighted by Gasteiger charge is -2.60. The standard InChI is InChI=1S/C25H42O/c1-7-8-9-17(2)18(3)24(5)15-13-23-22(19(24)4)11-10-20-16-21(26)12-14-25(20,23)6/h16-19,22-23H,7-15H2,1-6H3. The average molecular weight is 359 g/mol. The van der Waals surface area contributed by atoms with E-state index in [1.54, 1.807) is 0 Å². The molecule has 26 heavy (non-hydrogen) atoms. The Kier molecular flexibility index (Phi) is 5.76. The van der Waals surface area contributed by atoms with Crippen LogP contribution in [0.25, 0.3) is 0 Å². The Bertz CT molecular complexity index is 561. The Morgan fingerprint density at radius 3 is 2.58 bits per heavy atom. The van der Waals surface area contributed by atoms with Crippen LogP contribution in [0.5, 0.6) is 0 Å². The van der Waals surface area contributed by atoms with Gasteiger partial charge in [-0.3, -0.25) is 4.79 Å². The number of ketones is 1. The SMILES string of the molecule is CCCCC(C)C(C)C1(C)CCC2C(CCC3=CC(=O)CCC32C)C1C. The zero-order chi connectivity index (χ0) is 19.1. The fourth-order valence-electron chi connectivity index (χ4n) is 7.13. The number of fused-ring (bicyclic) bond motifs is 3. The van der Waals surface area contributed by atoms with Crippen LogP contribution in [0.1, 0.15) is 99.3 Å². The van der Waals surface area contributed by atoms with Gasteiger partial charge in [0.05, 0.1) is 0 Å². The monoisotopic (exact) mass is 358 g/mol. The molecule has 0 aromatic rings. The second kappa shape index (κ2) is 7.44. The highest BCUT2D eigenvalue weighted by Crippen LogP contribution is 2.63. The largest absolute Gasteiger partial charge is 0.295 e. The zero-order valence-electron chi connectivity index (χ0n) is 18.2. The van der Waals surface area contributed by atoms with Crippen molar-refractivity contribution in [2.75, 3.05) is 0 Å². The third-order valence-corrected chi connectivity index (χ3v) is 9.62. The van der Waals surface area contributed by atoms with E-state index in [-0.39, 0.29) is 0 Å². The Morgan fingerprint density at radius 1 is 1.15 bits per heavy atom. The molecule has 7 unspecified atom stereocenters. The molecule has 0 radical (unpaired) electrons. The Morgan fingerprint density at radius 2 is 1.88 bits per heavy atom. The van der Waals surface area contributed by atoms with E-state index < -0.39 is 0 Å². The molecule has 2 saturated carbocycles. The van der Waals surface area contributed by atoms with Crippen molar-refractivity contribution < 1.29 is 4.79 Å². The first-order chi connectivity index (χ1) is 12.2. The summed E-state index contributed by atoms with van der Waals surface area (Å²) >= 11 is 0. The smallest absolute Gasteiger partial charge is 0.155 e. The fraction of sp³-hybridized carbons (Fsp3) is 0.880. The molecule has 7 atom stereocenters. The third-order valence-electron chi connectivity index (χ3n) is 9.62. The summed E-state index contributed by atoms with van der Waals surface area (Å²) in [5.41, 5.74) is 2.29. The van der Waals surface area contributed by atoms with Crippen LogP contribution in [0.3, 0.4) is 0 Å². The van der Waals surface area contributed by atoms with Crippen molar-refractivity contribution >= 4 is 5.78 Å². The van der Waals surface area contributed by atoms with Gasteiger partial charge in [-0.05, 0) is 78.6 Å². The molecule has 0 N–H and O–H groups in total. The molecule has 0 aromatic heterocycles. The van der Waals surface area contributed by atoms with Crippen molar-refractivity contribution in [1.82, 2.24) is 0 Å². The molecule has 1 nitrogen and oxygen atoms in total. The summed E-state index contributed by atoms with van der Waals surface area (Å²) in [5, 5.41) is 0. The molecular formula is C25H42O. The first kappa shape index (κ1) is 20.2. The molecule has 0 aliphatic heterocycles. The molecule has 0 amide bonds. The Labute approximate surface area is 162 Å². The van der Waals surface area contributed by atoms with Gasteiger partial charge in [0, 0.05) is 6.42 Å². The van der Waals surface area contributed by atoms with Crippen LogP contribution in [-0.2, 0) is 4.79 Å². The molecule has 0 aromatic carbocycles. The van der Waals surface area contributed by atoms with Gasteiger partial charge < -0.3 is 0 Å². The summed E-state index contributed by atoms with van der Waals surface area (Å²) in [4.78, 5) is 12.0. The topological polar surface area (TPSA) is 17.1 Å². The molecule has 1 heteroatoms. The van der Waals surface area contributed by atoms with Gasteiger partial charge in [0.2, 0.25) is 0 Å². The van der Waals surface area contributed by atoms with Crippen molar-refractivity contribution in [1.29, 1.82) is 0 Å². The summed E-state index contributed by atoms with van der Waals surface area (Å²) in [6.07, 6.45) is 13.2. The van der Waals surface area contributed by atoms with Gasteiger partial charge in [-0.25, -0.2) is 0 Å². The van der Waals surface area contributed by atoms with Crippen LogP contribution in [0.4, 0.5) is 0 Å². The third kappa shape index (κ3) is 3.22. The van der Waals surface area contributed by atoms with Crippen LogP contribution in [0, 0.1) is 40.4 Å². The Balaban J connectivity index is 1.80. The van der Waals surface area contributed by atoms with Crippen LogP contribution >= 0.6 is 0 Å². The number of rotatable bonds is 5. The summed E-state index contributed by atoms with van der Waals surface area (Å²) in [5.74, 6) is 4.48. The number of hydrogen-bond donors (Lipinski definition) is 0. The minimum atomic E-state index is 0.309. The minimum Gasteiger partial charge on any atom is -0.295 e. The van der Waals surface area contributed by atoms with E-state index in [4.69, 9.17) is 0 Å². The second-order valence-electron chi connectivity index (χ2n) is 10.6. The molecule has 0 heterocycles. The van der Waals surface area contributed by atoms with Crippen molar-refractivity contribution in [3.8, 4) is 0 Å².